The van der Waals surface area contributed by atoms with E-state index in [0.29, 0.717) is 13.1 Å². The van der Waals surface area contributed by atoms with E-state index < -0.39 is 17.9 Å². The fourth-order valence-corrected chi connectivity index (χ4v) is 2.09. The molecule has 112 valence electrons. The molecule has 0 aromatic rings. The number of amides is 3. The lowest BCUT2D eigenvalue weighted by Crippen LogP contribution is -2.59. The van der Waals surface area contributed by atoms with Gasteiger partial charge in [0.15, 0.2) is 0 Å². The Labute approximate surface area is 117 Å². The summed E-state index contributed by atoms with van der Waals surface area (Å²) in [6.45, 7) is 4.15. The highest BCUT2D eigenvalue weighted by atomic mass is 16.4. The van der Waals surface area contributed by atoms with E-state index in [1.54, 1.807) is 13.8 Å². The van der Waals surface area contributed by atoms with Crippen molar-refractivity contribution in [1.29, 1.82) is 0 Å². The van der Waals surface area contributed by atoms with Gasteiger partial charge in [-0.05, 0) is 19.8 Å². The minimum atomic E-state index is -0.841. The molecule has 2 aliphatic rings. The SMILES string of the molecule is CC(NC(=O)N1CC(C(C)C(=O)O)C1)C(=O)NC1CC1. The maximum absolute atomic E-state index is 11.9. The van der Waals surface area contributed by atoms with E-state index in [2.05, 4.69) is 10.6 Å². The molecule has 1 saturated heterocycles. The van der Waals surface area contributed by atoms with Crippen LogP contribution in [0.5, 0.6) is 0 Å². The van der Waals surface area contributed by atoms with Crippen molar-refractivity contribution in [3.8, 4) is 0 Å². The molecule has 0 bridgehead atoms. The summed E-state index contributed by atoms with van der Waals surface area (Å²) in [5.74, 6) is -1.47. The topological polar surface area (TPSA) is 98.7 Å². The first-order chi connectivity index (χ1) is 9.38. The summed E-state index contributed by atoms with van der Waals surface area (Å²) in [7, 11) is 0. The monoisotopic (exact) mass is 283 g/mol. The third-order valence-corrected chi connectivity index (χ3v) is 3.95. The minimum Gasteiger partial charge on any atom is -0.481 e. The second-order valence-electron chi connectivity index (χ2n) is 5.75. The first-order valence-electron chi connectivity index (χ1n) is 6.97. The number of urea groups is 1. The molecule has 2 fully saturated rings. The molecule has 1 aliphatic heterocycles. The Morgan fingerprint density at radius 3 is 2.30 bits per heavy atom. The van der Waals surface area contributed by atoms with Gasteiger partial charge in [0.05, 0.1) is 5.92 Å². The standard InChI is InChI=1S/C13H21N3O4/c1-7(12(18)19)9-5-16(6-9)13(20)14-8(2)11(17)15-10-3-4-10/h7-10H,3-6H2,1-2H3,(H,14,20)(H,15,17)(H,18,19). The van der Waals surface area contributed by atoms with Crippen molar-refractivity contribution in [2.45, 2.75) is 38.8 Å². The lowest BCUT2D eigenvalue weighted by molar-refractivity contribution is -0.144. The number of carboxylic acid groups (broad SMARTS) is 1. The van der Waals surface area contributed by atoms with Crippen molar-refractivity contribution >= 4 is 17.9 Å². The summed E-state index contributed by atoms with van der Waals surface area (Å²) in [5, 5.41) is 14.3. The lowest BCUT2D eigenvalue weighted by Gasteiger charge is -2.41. The Hall–Kier alpha value is -1.79. The number of hydrogen-bond acceptors (Lipinski definition) is 3. The summed E-state index contributed by atoms with van der Waals surface area (Å²) in [4.78, 5) is 35.9. The Balaban J connectivity index is 1.70. The molecule has 3 amide bonds. The van der Waals surface area contributed by atoms with Gasteiger partial charge in [-0.2, -0.15) is 0 Å². The summed E-state index contributed by atoms with van der Waals surface area (Å²) in [6.07, 6.45) is 2.01. The van der Waals surface area contributed by atoms with E-state index in [0.717, 1.165) is 12.8 Å². The van der Waals surface area contributed by atoms with E-state index in [1.165, 1.54) is 4.90 Å². The molecule has 3 N–H and O–H groups in total. The van der Waals surface area contributed by atoms with Crippen LogP contribution in [0.1, 0.15) is 26.7 Å². The zero-order valence-corrected chi connectivity index (χ0v) is 11.8. The molecule has 0 aromatic carbocycles. The maximum Gasteiger partial charge on any atom is 0.318 e. The second-order valence-corrected chi connectivity index (χ2v) is 5.75. The minimum absolute atomic E-state index is 0.00570. The van der Waals surface area contributed by atoms with Crippen LogP contribution < -0.4 is 10.6 Å². The molecule has 20 heavy (non-hydrogen) atoms. The Kier molecular flexibility index (Phi) is 4.15. The van der Waals surface area contributed by atoms with Crippen molar-refractivity contribution in [2.75, 3.05) is 13.1 Å². The molecular formula is C13H21N3O4. The molecule has 0 aromatic heterocycles. The number of carbonyl (C=O) groups is 3. The molecule has 7 nitrogen and oxygen atoms in total. The predicted molar refractivity (Wildman–Crippen MR) is 71.0 cm³/mol. The predicted octanol–water partition coefficient (Wildman–Crippen LogP) is 0.0156. The molecule has 1 aliphatic carbocycles. The molecule has 2 rings (SSSR count). The maximum atomic E-state index is 11.9. The van der Waals surface area contributed by atoms with E-state index >= 15 is 0 Å². The Morgan fingerprint density at radius 2 is 1.80 bits per heavy atom. The van der Waals surface area contributed by atoms with Gasteiger partial charge < -0.3 is 20.6 Å². The average molecular weight is 283 g/mol. The van der Waals surface area contributed by atoms with Gasteiger partial charge in [-0.15, -0.1) is 0 Å². The van der Waals surface area contributed by atoms with Gasteiger partial charge in [0.2, 0.25) is 5.91 Å². The van der Waals surface area contributed by atoms with Gasteiger partial charge >= 0.3 is 12.0 Å². The van der Waals surface area contributed by atoms with Gasteiger partial charge in [0.25, 0.3) is 0 Å². The Morgan fingerprint density at radius 1 is 1.20 bits per heavy atom. The van der Waals surface area contributed by atoms with E-state index in [4.69, 9.17) is 5.11 Å². The third-order valence-electron chi connectivity index (χ3n) is 3.95. The van der Waals surface area contributed by atoms with Crippen molar-refractivity contribution in [2.24, 2.45) is 11.8 Å². The highest BCUT2D eigenvalue weighted by molar-refractivity contribution is 5.87. The van der Waals surface area contributed by atoms with Gasteiger partial charge in [0.1, 0.15) is 6.04 Å². The number of nitrogens with one attached hydrogen (secondary N) is 2. The van der Waals surface area contributed by atoms with Crippen LogP contribution in [0.4, 0.5) is 4.79 Å². The number of rotatable bonds is 5. The number of carbonyl (C=O) groups excluding carboxylic acids is 2. The molecule has 0 radical (unpaired) electrons. The molecule has 1 saturated carbocycles. The fourth-order valence-electron chi connectivity index (χ4n) is 2.09. The van der Waals surface area contributed by atoms with E-state index in [-0.39, 0.29) is 23.9 Å². The van der Waals surface area contributed by atoms with Crippen molar-refractivity contribution in [3.05, 3.63) is 0 Å². The summed E-state index contributed by atoms with van der Waals surface area (Å²) < 4.78 is 0. The van der Waals surface area contributed by atoms with E-state index in [9.17, 15) is 14.4 Å². The first kappa shape index (κ1) is 14.6. The Bertz CT molecular complexity index is 416. The normalized spacial score (nSPS) is 21.6. The van der Waals surface area contributed by atoms with Crippen molar-refractivity contribution in [1.82, 2.24) is 15.5 Å². The summed E-state index contributed by atoms with van der Waals surface area (Å²) >= 11 is 0. The lowest BCUT2D eigenvalue weighted by atomic mass is 9.87. The van der Waals surface area contributed by atoms with Gasteiger partial charge in [-0.25, -0.2) is 4.79 Å². The van der Waals surface area contributed by atoms with Crippen molar-refractivity contribution in [3.63, 3.8) is 0 Å². The van der Waals surface area contributed by atoms with Crippen LogP contribution in [-0.4, -0.2) is 53.1 Å². The van der Waals surface area contributed by atoms with Gasteiger partial charge in [-0.1, -0.05) is 6.92 Å². The van der Waals surface area contributed by atoms with Gasteiger partial charge in [0, 0.05) is 25.0 Å². The fraction of sp³-hybridized carbons (Fsp3) is 0.769. The van der Waals surface area contributed by atoms with Crippen LogP contribution in [0.15, 0.2) is 0 Å². The average Bonchev–Trinajstić information content (AvgIpc) is 3.10. The number of carboxylic acids is 1. The summed E-state index contributed by atoms with van der Waals surface area (Å²) in [6, 6.07) is -0.608. The van der Waals surface area contributed by atoms with Gasteiger partial charge in [-0.3, -0.25) is 9.59 Å². The largest absolute Gasteiger partial charge is 0.481 e. The molecule has 1 heterocycles. The third kappa shape index (κ3) is 3.40. The molecule has 2 atom stereocenters. The highest BCUT2D eigenvalue weighted by Crippen LogP contribution is 2.24. The smallest absolute Gasteiger partial charge is 0.318 e. The van der Waals surface area contributed by atoms with E-state index in [1.807, 2.05) is 0 Å². The van der Waals surface area contributed by atoms with Crippen LogP contribution in [0.25, 0.3) is 0 Å². The zero-order chi connectivity index (χ0) is 14.9. The number of likely N-dealkylation sites (tertiary alicyclic amines) is 1. The highest BCUT2D eigenvalue weighted by Gasteiger charge is 2.38. The molecule has 2 unspecified atom stereocenters. The van der Waals surface area contributed by atoms with Crippen LogP contribution in [0, 0.1) is 11.8 Å². The number of aliphatic carboxylic acids is 1. The molecular weight excluding hydrogens is 262 g/mol. The second kappa shape index (κ2) is 5.68. The molecule has 7 heteroatoms. The van der Waals surface area contributed by atoms with Crippen LogP contribution in [0.2, 0.25) is 0 Å². The first-order valence-corrected chi connectivity index (χ1v) is 6.97. The van der Waals surface area contributed by atoms with Crippen LogP contribution in [0.3, 0.4) is 0 Å². The quantitative estimate of drug-likeness (QED) is 0.662. The zero-order valence-electron chi connectivity index (χ0n) is 11.8. The number of nitrogens with zero attached hydrogens (tertiary/aromatic N) is 1. The number of hydrogen-bond donors (Lipinski definition) is 3. The summed E-state index contributed by atoms with van der Waals surface area (Å²) in [5.41, 5.74) is 0. The molecule has 0 spiro atoms. The van der Waals surface area contributed by atoms with Crippen molar-refractivity contribution < 1.29 is 19.5 Å². The van der Waals surface area contributed by atoms with Crippen LogP contribution in [-0.2, 0) is 9.59 Å². The van der Waals surface area contributed by atoms with Crippen LogP contribution >= 0.6 is 0 Å².